The molecule has 2 aromatic carbocycles. The lowest BCUT2D eigenvalue weighted by atomic mass is 9.78. The first-order valence-corrected chi connectivity index (χ1v) is 8.85. The third kappa shape index (κ3) is 5.46. The van der Waals surface area contributed by atoms with Crippen molar-refractivity contribution in [2.24, 2.45) is 0 Å². The van der Waals surface area contributed by atoms with Gasteiger partial charge < -0.3 is 24.4 Å². The zero-order valence-corrected chi connectivity index (χ0v) is 15.2. The van der Waals surface area contributed by atoms with Gasteiger partial charge in [0.2, 0.25) is 0 Å². The monoisotopic (exact) mass is 358 g/mol. The summed E-state index contributed by atoms with van der Waals surface area (Å²) < 4.78 is 15.1. The van der Waals surface area contributed by atoms with Gasteiger partial charge in [-0.15, -0.1) is 0 Å². The zero-order chi connectivity index (χ0) is 18.6. The van der Waals surface area contributed by atoms with Gasteiger partial charge in [-0.1, -0.05) is 38.1 Å². The summed E-state index contributed by atoms with van der Waals surface area (Å²) in [5, 5.41) is 18.6. The van der Waals surface area contributed by atoms with E-state index in [1.807, 2.05) is 24.3 Å². The zero-order valence-electron chi connectivity index (χ0n) is 15.2. The SMILES string of the molecule is C(OCC1CO1)C1CO1.CC(C)(c1ccc(O)cc1)c1ccc(O)cc1. The maximum absolute atomic E-state index is 9.30. The summed E-state index contributed by atoms with van der Waals surface area (Å²) >= 11 is 0. The van der Waals surface area contributed by atoms with Crippen LogP contribution >= 0.6 is 0 Å². The first-order valence-electron chi connectivity index (χ1n) is 8.85. The standard InChI is InChI=1S/C15H16O2.C6H10O3/c1-15(2,11-3-7-13(16)8-4-11)12-5-9-14(17)10-6-12;1(5-3-8-5)7-2-6-4-9-6/h3-10,16-17H,1-2H3;5-6H,1-4H2. The lowest BCUT2D eigenvalue weighted by Gasteiger charge is -2.26. The van der Waals surface area contributed by atoms with E-state index in [0.29, 0.717) is 12.2 Å². The molecule has 2 aliphatic heterocycles. The lowest BCUT2D eigenvalue weighted by molar-refractivity contribution is 0.102. The van der Waals surface area contributed by atoms with Crippen LogP contribution in [0.5, 0.6) is 11.5 Å². The van der Waals surface area contributed by atoms with Gasteiger partial charge in [-0.05, 0) is 35.4 Å². The molecule has 2 atom stereocenters. The number of epoxide rings is 2. The summed E-state index contributed by atoms with van der Waals surface area (Å²) in [6.07, 6.45) is 0.785. The number of phenolic OH excluding ortho intramolecular Hbond substituents is 2. The van der Waals surface area contributed by atoms with Gasteiger partial charge >= 0.3 is 0 Å². The number of benzene rings is 2. The fourth-order valence-electron chi connectivity index (χ4n) is 2.58. The number of ether oxygens (including phenoxy) is 3. The van der Waals surface area contributed by atoms with Crippen molar-refractivity contribution in [1.82, 2.24) is 0 Å². The second-order valence-corrected chi connectivity index (χ2v) is 7.17. The van der Waals surface area contributed by atoms with Crippen molar-refractivity contribution in [1.29, 1.82) is 0 Å². The Morgan fingerprint density at radius 3 is 1.46 bits per heavy atom. The Labute approximate surface area is 154 Å². The van der Waals surface area contributed by atoms with E-state index in [2.05, 4.69) is 13.8 Å². The topological polar surface area (TPSA) is 74.8 Å². The number of hydrogen-bond acceptors (Lipinski definition) is 5. The van der Waals surface area contributed by atoms with E-state index in [9.17, 15) is 10.2 Å². The van der Waals surface area contributed by atoms with Gasteiger partial charge in [0.05, 0.1) is 26.4 Å². The predicted octanol–water partition coefficient (Wildman–Crippen LogP) is 3.22. The predicted molar refractivity (Wildman–Crippen MR) is 98.6 cm³/mol. The second kappa shape index (κ2) is 8.08. The van der Waals surface area contributed by atoms with E-state index in [4.69, 9.17) is 14.2 Å². The third-order valence-electron chi connectivity index (χ3n) is 4.59. The Morgan fingerprint density at radius 1 is 0.808 bits per heavy atom. The average Bonchev–Trinajstić information content (AvgIpc) is 3.52. The minimum absolute atomic E-state index is 0.151. The molecular weight excluding hydrogens is 332 g/mol. The van der Waals surface area contributed by atoms with Crippen LogP contribution in [0.4, 0.5) is 0 Å². The minimum Gasteiger partial charge on any atom is -0.508 e. The van der Waals surface area contributed by atoms with Crippen molar-refractivity contribution in [2.45, 2.75) is 31.5 Å². The van der Waals surface area contributed by atoms with Crippen LogP contribution < -0.4 is 0 Å². The molecule has 5 heteroatoms. The Bertz CT molecular complexity index is 626. The molecule has 2 unspecified atom stereocenters. The van der Waals surface area contributed by atoms with Crippen LogP contribution in [0.3, 0.4) is 0 Å². The van der Waals surface area contributed by atoms with E-state index >= 15 is 0 Å². The van der Waals surface area contributed by atoms with Gasteiger partial charge in [-0.25, -0.2) is 0 Å². The summed E-state index contributed by atoms with van der Waals surface area (Å²) in [5.41, 5.74) is 2.10. The Balaban J connectivity index is 0.000000181. The molecule has 0 aromatic heterocycles. The fourth-order valence-corrected chi connectivity index (χ4v) is 2.58. The molecule has 0 aliphatic carbocycles. The van der Waals surface area contributed by atoms with Gasteiger partial charge in [0.25, 0.3) is 0 Å². The maximum Gasteiger partial charge on any atom is 0.115 e. The normalized spacial score (nSPS) is 20.8. The maximum atomic E-state index is 9.30. The molecule has 26 heavy (non-hydrogen) atoms. The Hall–Kier alpha value is -2.08. The average molecular weight is 358 g/mol. The first-order chi connectivity index (χ1) is 12.4. The van der Waals surface area contributed by atoms with Gasteiger partial charge in [-0.3, -0.25) is 0 Å². The van der Waals surface area contributed by atoms with Crippen LogP contribution in [-0.2, 0) is 19.6 Å². The molecule has 2 saturated heterocycles. The molecule has 0 amide bonds. The fraction of sp³-hybridized carbons (Fsp3) is 0.429. The van der Waals surface area contributed by atoms with E-state index in [0.717, 1.165) is 37.6 Å². The van der Waals surface area contributed by atoms with Gasteiger partial charge in [0.1, 0.15) is 23.7 Å². The Kier molecular flexibility index (Phi) is 5.81. The van der Waals surface area contributed by atoms with Gasteiger partial charge in [0, 0.05) is 5.41 Å². The van der Waals surface area contributed by atoms with E-state index < -0.39 is 0 Å². The van der Waals surface area contributed by atoms with Crippen LogP contribution in [0, 0.1) is 0 Å². The smallest absolute Gasteiger partial charge is 0.115 e. The molecule has 5 nitrogen and oxygen atoms in total. The van der Waals surface area contributed by atoms with Crippen molar-refractivity contribution in [3.05, 3.63) is 59.7 Å². The molecule has 140 valence electrons. The second-order valence-electron chi connectivity index (χ2n) is 7.17. The summed E-state index contributed by atoms with van der Waals surface area (Å²) in [7, 11) is 0. The number of hydrogen-bond donors (Lipinski definition) is 2. The van der Waals surface area contributed by atoms with Gasteiger partial charge in [0.15, 0.2) is 0 Å². The highest BCUT2D eigenvalue weighted by atomic mass is 16.6. The van der Waals surface area contributed by atoms with Crippen molar-refractivity contribution in [2.75, 3.05) is 26.4 Å². The molecule has 2 aromatic rings. The number of rotatable bonds is 6. The number of phenols is 2. The van der Waals surface area contributed by atoms with E-state index in [1.165, 1.54) is 0 Å². The van der Waals surface area contributed by atoms with Crippen LogP contribution in [0.15, 0.2) is 48.5 Å². The third-order valence-corrected chi connectivity index (χ3v) is 4.59. The molecule has 2 N–H and O–H groups in total. The quantitative estimate of drug-likeness (QED) is 0.776. The molecule has 0 bridgehead atoms. The highest BCUT2D eigenvalue weighted by molar-refractivity contribution is 5.41. The molecule has 2 aliphatic rings. The molecular formula is C21H26O5. The van der Waals surface area contributed by atoms with Crippen molar-refractivity contribution < 1.29 is 24.4 Å². The number of aromatic hydroxyl groups is 2. The largest absolute Gasteiger partial charge is 0.508 e. The molecule has 4 rings (SSSR count). The Morgan fingerprint density at radius 2 is 1.15 bits per heavy atom. The van der Waals surface area contributed by atoms with Crippen molar-refractivity contribution in [3.8, 4) is 11.5 Å². The summed E-state index contributed by atoms with van der Waals surface area (Å²) in [4.78, 5) is 0. The molecule has 0 saturated carbocycles. The molecule has 0 spiro atoms. The van der Waals surface area contributed by atoms with Gasteiger partial charge in [-0.2, -0.15) is 0 Å². The minimum atomic E-state index is -0.151. The summed E-state index contributed by atoms with van der Waals surface area (Å²) in [6, 6.07) is 14.4. The highest BCUT2D eigenvalue weighted by Crippen LogP contribution is 2.32. The highest BCUT2D eigenvalue weighted by Gasteiger charge is 2.26. The van der Waals surface area contributed by atoms with Crippen molar-refractivity contribution in [3.63, 3.8) is 0 Å². The van der Waals surface area contributed by atoms with E-state index in [-0.39, 0.29) is 16.9 Å². The van der Waals surface area contributed by atoms with Crippen LogP contribution in [0.2, 0.25) is 0 Å². The molecule has 2 heterocycles. The van der Waals surface area contributed by atoms with E-state index in [1.54, 1.807) is 24.3 Å². The molecule has 2 fully saturated rings. The first kappa shape index (κ1) is 18.7. The molecule has 0 radical (unpaired) electrons. The lowest BCUT2D eigenvalue weighted by Crippen LogP contribution is -2.18. The van der Waals surface area contributed by atoms with Crippen LogP contribution in [0.1, 0.15) is 25.0 Å². The van der Waals surface area contributed by atoms with Crippen LogP contribution in [-0.4, -0.2) is 48.8 Å². The van der Waals surface area contributed by atoms with Crippen molar-refractivity contribution >= 4 is 0 Å². The van der Waals surface area contributed by atoms with Crippen LogP contribution in [0.25, 0.3) is 0 Å². The summed E-state index contributed by atoms with van der Waals surface area (Å²) in [6.45, 7) is 7.49. The summed E-state index contributed by atoms with van der Waals surface area (Å²) in [5.74, 6) is 0.547.